The molecule has 0 radical (unpaired) electrons. The predicted molar refractivity (Wildman–Crippen MR) is 160 cm³/mol. The maximum Gasteiger partial charge on any atom is 0.243 e. The van der Waals surface area contributed by atoms with E-state index in [9.17, 15) is 18.0 Å². The molecule has 2 atom stereocenters. The van der Waals surface area contributed by atoms with Crippen LogP contribution >= 0.6 is 23.2 Å². The molecule has 0 aromatic heterocycles. The summed E-state index contributed by atoms with van der Waals surface area (Å²) in [6.45, 7) is 5.28. The van der Waals surface area contributed by atoms with E-state index in [2.05, 4.69) is 5.32 Å². The Hall–Kier alpha value is -2.91. The molecule has 0 aliphatic carbocycles. The lowest BCUT2D eigenvalue weighted by atomic mass is 10.0. The van der Waals surface area contributed by atoms with Gasteiger partial charge in [-0.2, -0.15) is 4.31 Å². The Labute approximate surface area is 247 Å². The Morgan fingerprint density at radius 1 is 0.925 bits per heavy atom. The van der Waals surface area contributed by atoms with Gasteiger partial charge in [0.05, 0.1) is 21.5 Å². The molecule has 7 nitrogen and oxygen atoms in total. The highest BCUT2D eigenvalue weighted by atomic mass is 35.5. The molecule has 0 heterocycles. The minimum Gasteiger partial charge on any atom is -0.352 e. The zero-order valence-electron chi connectivity index (χ0n) is 23.1. The molecule has 10 heteroatoms. The summed E-state index contributed by atoms with van der Waals surface area (Å²) < 4.78 is 27.5. The summed E-state index contributed by atoms with van der Waals surface area (Å²) in [5.41, 5.74) is 2.43. The number of nitrogens with zero attached hydrogens (tertiary/aromatic N) is 2. The lowest BCUT2D eigenvalue weighted by molar-refractivity contribution is -0.141. The topological polar surface area (TPSA) is 86.8 Å². The fourth-order valence-corrected chi connectivity index (χ4v) is 5.53. The maximum absolute atomic E-state index is 13.9. The normalized spacial score (nSPS) is 13.1. The lowest BCUT2D eigenvalue weighted by Crippen LogP contribution is -2.54. The molecule has 0 bridgehead atoms. The largest absolute Gasteiger partial charge is 0.352 e. The minimum absolute atomic E-state index is 0.0273. The SMILES string of the molecule is CC[C@@H](C)NC(=O)[C@@H](Cc1ccccc1)N(Cc1ccc(Cl)c(Cl)c1)C(=O)CN(C)S(=O)(=O)c1ccc(C)cc1. The zero-order valence-corrected chi connectivity index (χ0v) is 25.4. The molecular formula is C30H35Cl2N3O4S. The average Bonchev–Trinajstić information content (AvgIpc) is 2.93. The molecule has 40 heavy (non-hydrogen) atoms. The summed E-state index contributed by atoms with van der Waals surface area (Å²) in [6.07, 6.45) is 0.951. The van der Waals surface area contributed by atoms with Crippen molar-refractivity contribution in [1.29, 1.82) is 0 Å². The number of hydrogen-bond acceptors (Lipinski definition) is 4. The number of benzene rings is 3. The third-order valence-electron chi connectivity index (χ3n) is 6.70. The van der Waals surface area contributed by atoms with Crippen LogP contribution in [0.15, 0.2) is 77.7 Å². The van der Waals surface area contributed by atoms with E-state index in [1.807, 2.05) is 51.1 Å². The van der Waals surface area contributed by atoms with Gasteiger partial charge in [-0.05, 0) is 55.7 Å². The lowest BCUT2D eigenvalue weighted by Gasteiger charge is -2.33. The molecule has 2 amide bonds. The van der Waals surface area contributed by atoms with Gasteiger partial charge in [-0.25, -0.2) is 8.42 Å². The molecule has 3 rings (SSSR count). The highest BCUT2D eigenvalue weighted by Crippen LogP contribution is 2.25. The second kappa shape index (κ2) is 14.1. The van der Waals surface area contributed by atoms with E-state index in [1.54, 1.807) is 30.3 Å². The van der Waals surface area contributed by atoms with E-state index in [1.165, 1.54) is 24.1 Å². The van der Waals surface area contributed by atoms with E-state index >= 15 is 0 Å². The van der Waals surface area contributed by atoms with Crippen molar-refractivity contribution in [2.24, 2.45) is 0 Å². The minimum atomic E-state index is -3.95. The number of amides is 2. The van der Waals surface area contributed by atoms with Crippen LogP contribution in [-0.4, -0.2) is 55.1 Å². The summed E-state index contributed by atoms with van der Waals surface area (Å²) >= 11 is 12.4. The second-order valence-corrected chi connectivity index (χ2v) is 12.7. The number of aryl methyl sites for hydroxylation is 1. The Kier molecular flexibility index (Phi) is 11.2. The van der Waals surface area contributed by atoms with Gasteiger partial charge in [0.25, 0.3) is 0 Å². The molecule has 0 fully saturated rings. The molecule has 0 aliphatic heterocycles. The van der Waals surface area contributed by atoms with Gasteiger partial charge in [0, 0.05) is 26.1 Å². The zero-order chi connectivity index (χ0) is 29.4. The van der Waals surface area contributed by atoms with Gasteiger partial charge < -0.3 is 10.2 Å². The van der Waals surface area contributed by atoms with Gasteiger partial charge >= 0.3 is 0 Å². The van der Waals surface area contributed by atoms with Crippen molar-refractivity contribution in [1.82, 2.24) is 14.5 Å². The van der Waals surface area contributed by atoms with Crippen molar-refractivity contribution in [3.8, 4) is 0 Å². The number of rotatable bonds is 12. The number of hydrogen-bond donors (Lipinski definition) is 1. The Bertz CT molecular complexity index is 1420. The monoisotopic (exact) mass is 603 g/mol. The number of halogens is 2. The van der Waals surface area contributed by atoms with Gasteiger partial charge in [0.2, 0.25) is 21.8 Å². The number of carbonyl (C=O) groups excluding carboxylic acids is 2. The highest BCUT2D eigenvalue weighted by Gasteiger charge is 2.33. The van der Waals surface area contributed by atoms with Crippen LogP contribution in [0.25, 0.3) is 0 Å². The second-order valence-electron chi connectivity index (χ2n) is 9.87. The third kappa shape index (κ3) is 8.30. The van der Waals surface area contributed by atoms with Crippen LogP contribution in [0.1, 0.15) is 37.0 Å². The molecule has 0 unspecified atom stereocenters. The summed E-state index contributed by atoms with van der Waals surface area (Å²) in [7, 11) is -2.59. The summed E-state index contributed by atoms with van der Waals surface area (Å²) in [4.78, 5) is 29.0. The molecule has 3 aromatic carbocycles. The predicted octanol–water partition coefficient (Wildman–Crippen LogP) is 5.48. The summed E-state index contributed by atoms with van der Waals surface area (Å²) in [6, 6.07) is 19.8. The van der Waals surface area contributed by atoms with Crippen LogP contribution in [0.5, 0.6) is 0 Å². The van der Waals surface area contributed by atoms with Gasteiger partial charge in [-0.15, -0.1) is 0 Å². The van der Waals surface area contributed by atoms with E-state index in [-0.39, 0.29) is 29.8 Å². The number of nitrogens with one attached hydrogen (secondary N) is 1. The van der Waals surface area contributed by atoms with E-state index in [0.29, 0.717) is 22.0 Å². The Morgan fingerprint density at radius 3 is 2.17 bits per heavy atom. The molecule has 0 aliphatic rings. The summed E-state index contributed by atoms with van der Waals surface area (Å²) in [5, 5.41) is 3.67. The van der Waals surface area contributed by atoms with Crippen molar-refractivity contribution in [2.45, 2.75) is 57.1 Å². The van der Waals surface area contributed by atoms with Crippen LogP contribution < -0.4 is 5.32 Å². The first-order chi connectivity index (χ1) is 18.9. The molecule has 214 valence electrons. The number of sulfonamides is 1. The van der Waals surface area contributed by atoms with Crippen molar-refractivity contribution in [3.63, 3.8) is 0 Å². The number of likely N-dealkylation sites (N-methyl/N-ethyl adjacent to an activating group) is 1. The van der Waals surface area contributed by atoms with E-state index < -0.39 is 28.5 Å². The standard InChI is InChI=1S/C30H35Cl2N3O4S/c1-5-22(3)33-30(37)28(18-23-9-7-6-8-10-23)35(19-24-13-16-26(31)27(32)17-24)29(36)20-34(4)40(38,39)25-14-11-21(2)12-15-25/h6-17,22,28H,5,18-20H2,1-4H3,(H,33,37)/t22-,28-/m1/s1. The van der Waals surface area contributed by atoms with Crippen LogP contribution in [0.3, 0.4) is 0 Å². The fourth-order valence-electron chi connectivity index (χ4n) is 4.09. The molecule has 0 spiro atoms. The maximum atomic E-state index is 13.9. The van der Waals surface area contributed by atoms with Gasteiger partial charge in [-0.1, -0.05) is 84.2 Å². The third-order valence-corrected chi connectivity index (χ3v) is 9.25. The first-order valence-electron chi connectivity index (χ1n) is 13.0. The van der Waals surface area contributed by atoms with E-state index in [0.717, 1.165) is 15.4 Å². The summed E-state index contributed by atoms with van der Waals surface area (Å²) in [5.74, 6) is -0.847. The molecule has 1 N–H and O–H groups in total. The van der Waals surface area contributed by atoms with Crippen LogP contribution in [-0.2, 0) is 32.6 Å². The van der Waals surface area contributed by atoms with Gasteiger partial charge in [0.1, 0.15) is 6.04 Å². The fraction of sp³-hybridized carbons (Fsp3) is 0.333. The van der Waals surface area contributed by atoms with Crippen molar-refractivity contribution in [2.75, 3.05) is 13.6 Å². The Morgan fingerprint density at radius 2 is 1.57 bits per heavy atom. The van der Waals surface area contributed by atoms with E-state index in [4.69, 9.17) is 23.2 Å². The average molecular weight is 605 g/mol. The smallest absolute Gasteiger partial charge is 0.243 e. The molecule has 0 saturated heterocycles. The van der Waals surface area contributed by atoms with Crippen LogP contribution in [0.4, 0.5) is 0 Å². The van der Waals surface area contributed by atoms with Gasteiger partial charge in [-0.3, -0.25) is 9.59 Å². The van der Waals surface area contributed by atoms with Crippen molar-refractivity contribution in [3.05, 3.63) is 99.5 Å². The van der Waals surface area contributed by atoms with Crippen LogP contribution in [0.2, 0.25) is 10.0 Å². The Balaban J connectivity index is 2.00. The van der Waals surface area contributed by atoms with Gasteiger partial charge in [0.15, 0.2) is 0 Å². The first kappa shape index (κ1) is 31.6. The van der Waals surface area contributed by atoms with Crippen molar-refractivity contribution < 1.29 is 18.0 Å². The molecule has 3 aromatic rings. The molecule has 0 saturated carbocycles. The highest BCUT2D eigenvalue weighted by molar-refractivity contribution is 7.89. The van der Waals surface area contributed by atoms with Crippen molar-refractivity contribution >= 4 is 45.0 Å². The quantitative estimate of drug-likeness (QED) is 0.297. The first-order valence-corrected chi connectivity index (χ1v) is 15.2. The number of carbonyl (C=O) groups is 2. The molecular weight excluding hydrogens is 569 g/mol. The van der Waals surface area contributed by atoms with Crippen LogP contribution in [0, 0.1) is 6.92 Å².